The van der Waals surface area contributed by atoms with Gasteiger partial charge in [-0.3, -0.25) is 0 Å². The second-order valence-electron chi connectivity index (χ2n) is 4.69. The zero-order chi connectivity index (χ0) is 10.9. The van der Waals surface area contributed by atoms with E-state index in [9.17, 15) is 5.11 Å². The molecule has 1 heterocycles. The summed E-state index contributed by atoms with van der Waals surface area (Å²) >= 11 is 1.76. The van der Waals surface area contributed by atoms with Gasteiger partial charge in [-0.25, -0.2) is 0 Å². The van der Waals surface area contributed by atoms with Crippen LogP contribution in [0.1, 0.15) is 48.8 Å². The Morgan fingerprint density at radius 3 is 2.87 bits per heavy atom. The standard InChI is InChI=1S/C13H20OS/c1-3-11-6-4-5-9-13(11,14)12-8-7-10(2)15-12/h7-8,11,14H,3-6,9H2,1-2H3. The Labute approximate surface area is 96.1 Å². The van der Waals surface area contributed by atoms with Gasteiger partial charge in [0.15, 0.2) is 0 Å². The molecule has 1 fully saturated rings. The average Bonchev–Trinajstić information content (AvgIpc) is 2.66. The van der Waals surface area contributed by atoms with Crippen molar-refractivity contribution in [1.29, 1.82) is 0 Å². The summed E-state index contributed by atoms with van der Waals surface area (Å²) in [5.74, 6) is 0.462. The number of hydrogen-bond acceptors (Lipinski definition) is 2. The highest BCUT2D eigenvalue weighted by Crippen LogP contribution is 2.45. The summed E-state index contributed by atoms with van der Waals surface area (Å²) in [5, 5.41) is 10.8. The molecule has 2 heteroatoms. The molecule has 0 saturated heterocycles. The Bertz CT molecular complexity index is 331. The predicted molar refractivity (Wildman–Crippen MR) is 65.2 cm³/mol. The van der Waals surface area contributed by atoms with E-state index >= 15 is 0 Å². The molecule has 0 spiro atoms. The summed E-state index contributed by atoms with van der Waals surface area (Å²) in [6.07, 6.45) is 5.68. The van der Waals surface area contributed by atoms with Crippen molar-refractivity contribution >= 4 is 11.3 Å². The highest BCUT2D eigenvalue weighted by atomic mass is 32.1. The minimum atomic E-state index is -0.522. The van der Waals surface area contributed by atoms with Crippen LogP contribution >= 0.6 is 11.3 Å². The monoisotopic (exact) mass is 224 g/mol. The Morgan fingerprint density at radius 1 is 1.47 bits per heavy atom. The van der Waals surface area contributed by atoms with E-state index in [4.69, 9.17) is 0 Å². The largest absolute Gasteiger partial charge is 0.384 e. The Balaban J connectivity index is 2.29. The maximum Gasteiger partial charge on any atom is 0.102 e. The summed E-state index contributed by atoms with van der Waals surface area (Å²) in [4.78, 5) is 2.49. The second-order valence-corrected chi connectivity index (χ2v) is 5.97. The first-order chi connectivity index (χ1) is 7.16. The highest BCUT2D eigenvalue weighted by Gasteiger charge is 2.40. The van der Waals surface area contributed by atoms with Crippen LogP contribution in [0.2, 0.25) is 0 Å². The lowest BCUT2D eigenvalue weighted by molar-refractivity contribution is -0.0526. The summed E-state index contributed by atoms with van der Waals surface area (Å²) in [7, 11) is 0. The molecule has 0 aromatic carbocycles. The van der Waals surface area contributed by atoms with Crippen molar-refractivity contribution in [2.24, 2.45) is 5.92 Å². The molecule has 1 nitrogen and oxygen atoms in total. The van der Waals surface area contributed by atoms with E-state index in [-0.39, 0.29) is 0 Å². The molecule has 0 amide bonds. The SMILES string of the molecule is CCC1CCCCC1(O)c1ccc(C)s1. The molecule has 1 aromatic heterocycles. The van der Waals surface area contributed by atoms with Gasteiger partial charge in [0.1, 0.15) is 5.60 Å². The predicted octanol–water partition coefficient (Wildman–Crippen LogP) is 3.84. The van der Waals surface area contributed by atoms with Crippen LogP contribution in [0.25, 0.3) is 0 Å². The van der Waals surface area contributed by atoms with Crippen LogP contribution < -0.4 is 0 Å². The lowest BCUT2D eigenvalue weighted by atomic mass is 9.73. The average molecular weight is 224 g/mol. The minimum Gasteiger partial charge on any atom is -0.384 e. The van der Waals surface area contributed by atoms with Crippen molar-refractivity contribution in [1.82, 2.24) is 0 Å². The zero-order valence-corrected chi connectivity index (χ0v) is 10.4. The first kappa shape index (κ1) is 11.2. The van der Waals surface area contributed by atoms with Crippen molar-refractivity contribution in [3.05, 3.63) is 21.9 Å². The van der Waals surface area contributed by atoms with Gasteiger partial charge in [-0.05, 0) is 37.8 Å². The Hall–Kier alpha value is -0.340. The van der Waals surface area contributed by atoms with Crippen LogP contribution in [-0.2, 0) is 5.60 Å². The topological polar surface area (TPSA) is 20.2 Å². The van der Waals surface area contributed by atoms with E-state index in [1.807, 2.05) is 0 Å². The fourth-order valence-electron chi connectivity index (χ4n) is 2.76. The fourth-order valence-corrected chi connectivity index (χ4v) is 3.83. The molecule has 84 valence electrons. The van der Waals surface area contributed by atoms with E-state index in [1.165, 1.54) is 29.0 Å². The maximum absolute atomic E-state index is 10.8. The van der Waals surface area contributed by atoms with Gasteiger partial charge in [0.2, 0.25) is 0 Å². The maximum atomic E-state index is 10.8. The van der Waals surface area contributed by atoms with E-state index in [0.29, 0.717) is 5.92 Å². The van der Waals surface area contributed by atoms with Crippen LogP contribution in [-0.4, -0.2) is 5.11 Å². The second kappa shape index (κ2) is 4.26. The molecular formula is C13H20OS. The number of thiophene rings is 1. The van der Waals surface area contributed by atoms with Crippen molar-refractivity contribution in [3.63, 3.8) is 0 Å². The third kappa shape index (κ3) is 1.98. The van der Waals surface area contributed by atoms with Crippen LogP contribution in [0.4, 0.5) is 0 Å². The van der Waals surface area contributed by atoms with E-state index < -0.39 is 5.60 Å². The van der Waals surface area contributed by atoms with E-state index in [0.717, 1.165) is 12.8 Å². The Kier molecular flexibility index (Phi) is 3.17. The molecule has 1 aromatic rings. The summed E-state index contributed by atoms with van der Waals surface area (Å²) in [6, 6.07) is 4.24. The first-order valence-electron chi connectivity index (χ1n) is 5.96. The van der Waals surface area contributed by atoms with Gasteiger partial charge in [0, 0.05) is 9.75 Å². The van der Waals surface area contributed by atoms with Crippen LogP contribution in [0.3, 0.4) is 0 Å². The van der Waals surface area contributed by atoms with E-state index in [2.05, 4.69) is 26.0 Å². The normalized spacial score (nSPS) is 31.8. The minimum absolute atomic E-state index is 0.462. The molecule has 1 saturated carbocycles. The molecule has 15 heavy (non-hydrogen) atoms. The van der Waals surface area contributed by atoms with Gasteiger partial charge in [-0.1, -0.05) is 26.2 Å². The molecule has 2 atom stereocenters. The van der Waals surface area contributed by atoms with Gasteiger partial charge < -0.3 is 5.11 Å². The summed E-state index contributed by atoms with van der Waals surface area (Å²) < 4.78 is 0. The van der Waals surface area contributed by atoms with Crippen molar-refractivity contribution < 1.29 is 5.11 Å². The molecule has 2 unspecified atom stereocenters. The van der Waals surface area contributed by atoms with Crippen molar-refractivity contribution in [2.45, 2.75) is 51.6 Å². The zero-order valence-electron chi connectivity index (χ0n) is 9.62. The lowest BCUT2D eigenvalue weighted by Crippen LogP contribution is -2.36. The smallest absolute Gasteiger partial charge is 0.102 e. The lowest BCUT2D eigenvalue weighted by Gasteiger charge is -2.39. The van der Waals surface area contributed by atoms with Crippen LogP contribution in [0.15, 0.2) is 12.1 Å². The molecular weight excluding hydrogens is 204 g/mol. The van der Waals surface area contributed by atoms with Gasteiger partial charge >= 0.3 is 0 Å². The third-order valence-electron chi connectivity index (χ3n) is 3.70. The third-order valence-corrected chi connectivity index (χ3v) is 4.86. The number of aryl methyl sites for hydroxylation is 1. The van der Waals surface area contributed by atoms with E-state index in [1.54, 1.807) is 11.3 Å². The molecule has 1 aliphatic carbocycles. The van der Waals surface area contributed by atoms with Gasteiger partial charge in [0.05, 0.1) is 0 Å². The van der Waals surface area contributed by atoms with Gasteiger partial charge in [-0.15, -0.1) is 11.3 Å². The van der Waals surface area contributed by atoms with Crippen molar-refractivity contribution in [3.8, 4) is 0 Å². The van der Waals surface area contributed by atoms with Gasteiger partial charge in [-0.2, -0.15) is 0 Å². The number of hydrogen-bond donors (Lipinski definition) is 1. The molecule has 2 rings (SSSR count). The quantitative estimate of drug-likeness (QED) is 0.809. The molecule has 0 aliphatic heterocycles. The summed E-state index contributed by atoms with van der Waals surface area (Å²) in [5.41, 5.74) is -0.522. The van der Waals surface area contributed by atoms with Crippen LogP contribution in [0, 0.1) is 12.8 Å². The van der Waals surface area contributed by atoms with Crippen molar-refractivity contribution in [2.75, 3.05) is 0 Å². The Morgan fingerprint density at radius 2 is 2.27 bits per heavy atom. The highest BCUT2D eigenvalue weighted by molar-refractivity contribution is 7.12. The fraction of sp³-hybridized carbons (Fsp3) is 0.692. The molecule has 1 N–H and O–H groups in total. The number of aliphatic hydroxyl groups is 1. The van der Waals surface area contributed by atoms with Gasteiger partial charge in [0.25, 0.3) is 0 Å². The number of rotatable bonds is 2. The van der Waals surface area contributed by atoms with Crippen LogP contribution in [0.5, 0.6) is 0 Å². The molecule has 0 bridgehead atoms. The summed E-state index contributed by atoms with van der Waals surface area (Å²) in [6.45, 7) is 4.31. The molecule has 1 aliphatic rings. The molecule has 0 radical (unpaired) electrons. The first-order valence-corrected chi connectivity index (χ1v) is 6.77.